The molecule has 1 aromatic carbocycles. The van der Waals surface area contributed by atoms with Crippen molar-refractivity contribution in [1.29, 1.82) is 0 Å². The maximum Gasteiger partial charge on any atom is 0.227 e. The molecule has 1 unspecified atom stereocenters. The van der Waals surface area contributed by atoms with E-state index in [0.717, 1.165) is 24.5 Å². The first-order chi connectivity index (χ1) is 9.33. The van der Waals surface area contributed by atoms with Crippen LogP contribution in [0.1, 0.15) is 28.9 Å². The zero-order valence-electron chi connectivity index (χ0n) is 10.9. The zero-order chi connectivity index (χ0) is 13.1. The monoisotopic (exact) mass is 275 g/mol. The predicted octanol–water partition coefficient (Wildman–Crippen LogP) is 2.50. The van der Waals surface area contributed by atoms with Gasteiger partial charge in [0.05, 0.1) is 0 Å². The van der Waals surface area contributed by atoms with Crippen LogP contribution in [-0.2, 0) is 12.2 Å². The zero-order valence-corrected chi connectivity index (χ0v) is 11.7. The summed E-state index contributed by atoms with van der Waals surface area (Å²) in [6, 6.07) is 9.11. The average Bonchev–Trinajstić information content (AvgIpc) is 2.85. The Morgan fingerprint density at radius 2 is 2.32 bits per heavy atom. The molecule has 0 bridgehead atoms. The summed E-state index contributed by atoms with van der Waals surface area (Å²) in [5.41, 5.74) is 2.88. The minimum absolute atomic E-state index is 0.430. The Morgan fingerprint density at radius 3 is 3.16 bits per heavy atom. The second kappa shape index (κ2) is 5.75. The molecule has 0 saturated carbocycles. The quantitative estimate of drug-likeness (QED) is 0.929. The number of fused-ring (bicyclic) bond motifs is 1. The van der Waals surface area contributed by atoms with Crippen LogP contribution >= 0.6 is 11.8 Å². The third-order valence-electron chi connectivity index (χ3n) is 3.27. The molecule has 4 nitrogen and oxygen atoms in total. The lowest BCUT2D eigenvalue weighted by Gasteiger charge is -2.25. The number of nitrogens with one attached hydrogen (secondary N) is 1. The van der Waals surface area contributed by atoms with E-state index in [4.69, 9.17) is 4.52 Å². The van der Waals surface area contributed by atoms with E-state index in [9.17, 15) is 0 Å². The fraction of sp³-hybridized carbons (Fsp3) is 0.429. The van der Waals surface area contributed by atoms with Gasteiger partial charge in [-0.1, -0.05) is 29.4 Å². The highest BCUT2D eigenvalue weighted by Gasteiger charge is 2.19. The topological polar surface area (TPSA) is 51.0 Å². The molecule has 2 heterocycles. The van der Waals surface area contributed by atoms with Gasteiger partial charge in [0.25, 0.3) is 0 Å². The van der Waals surface area contributed by atoms with Crippen LogP contribution in [0.2, 0.25) is 0 Å². The average molecular weight is 275 g/mol. The number of hydrogen-bond acceptors (Lipinski definition) is 5. The molecular formula is C14H17N3OS. The molecule has 0 aliphatic carbocycles. The third kappa shape index (κ3) is 2.98. The molecule has 1 aliphatic heterocycles. The fourth-order valence-electron chi connectivity index (χ4n) is 2.35. The van der Waals surface area contributed by atoms with Gasteiger partial charge < -0.3 is 9.84 Å². The highest BCUT2D eigenvalue weighted by Crippen LogP contribution is 2.31. The second-order valence-corrected chi connectivity index (χ2v) is 5.74. The van der Waals surface area contributed by atoms with Crippen LogP contribution in [-0.4, -0.2) is 22.4 Å². The number of aryl methyl sites for hydroxylation is 1. The Morgan fingerprint density at radius 1 is 1.42 bits per heavy atom. The molecular weight excluding hydrogens is 258 g/mol. The Labute approximate surface area is 117 Å². The SMILES string of the molecule is Cc1noc(CCNC2CSCc3ccccc32)n1. The van der Waals surface area contributed by atoms with Crippen molar-refractivity contribution in [3.63, 3.8) is 0 Å². The first kappa shape index (κ1) is 12.7. The molecule has 0 fully saturated rings. The number of aromatic nitrogens is 2. The molecule has 19 heavy (non-hydrogen) atoms. The van der Waals surface area contributed by atoms with Crippen molar-refractivity contribution in [2.24, 2.45) is 0 Å². The van der Waals surface area contributed by atoms with Crippen LogP contribution in [0.3, 0.4) is 0 Å². The minimum atomic E-state index is 0.430. The Balaban J connectivity index is 1.59. The number of nitrogens with zero attached hydrogens (tertiary/aromatic N) is 2. The lowest BCUT2D eigenvalue weighted by Crippen LogP contribution is -2.28. The maximum absolute atomic E-state index is 5.12. The molecule has 0 spiro atoms. The van der Waals surface area contributed by atoms with Crippen molar-refractivity contribution in [1.82, 2.24) is 15.5 Å². The minimum Gasteiger partial charge on any atom is -0.339 e. The van der Waals surface area contributed by atoms with Crippen molar-refractivity contribution in [2.45, 2.75) is 25.1 Å². The van der Waals surface area contributed by atoms with Crippen molar-refractivity contribution in [3.05, 3.63) is 47.1 Å². The number of hydrogen-bond donors (Lipinski definition) is 1. The van der Waals surface area contributed by atoms with Gasteiger partial charge in [-0.15, -0.1) is 0 Å². The molecule has 5 heteroatoms. The third-order valence-corrected chi connectivity index (χ3v) is 4.36. The number of rotatable bonds is 4. The van der Waals surface area contributed by atoms with Crippen LogP contribution < -0.4 is 5.32 Å². The van der Waals surface area contributed by atoms with Crippen molar-refractivity contribution >= 4 is 11.8 Å². The Hall–Kier alpha value is -1.33. The normalized spacial score (nSPS) is 18.3. The molecule has 100 valence electrons. The van der Waals surface area contributed by atoms with E-state index < -0.39 is 0 Å². The first-order valence-corrected chi connectivity index (χ1v) is 7.66. The molecule has 0 amide bonds. The highest BCUT2D eigenvalue weighted by atomic mass is 32.2. The van der Waals surface area contributed by atoms with E-state index >= 15 is 0 Å². The molecule has 0 saturated heterocycles. The first-order valence-electron chi connectivity index (χ1n) is 6.51. The largest absolute Gasteiger partial charge is 0.339 e. The Kier molecular flexibility index (Phi) is 3.84. The summed E-state index contributed by atoms with van der Waals surface area (Å²) in [6.07, 6.45) is 0.782. The van der Waals surface area contributed by atoms with Gasteiger partial charge in [0.1, 0.15) is 0 Å². The van der Waals surface area contributed by atoms with Crippen molar-refractivity contribution in [2.75, 3.05) is 12.3 Å². The molecule has 0 radical (unpaired) electrons. The second-order valence-electron chi connectivity index (χ2n) is 4.71. The predicted molar refractivity (Wildman–Crippen MR) is 76.1 cm³/mol. The summed E-state index contributed by atoms with van der Waals surface area (Å²) in [4.78, 5) is 4.21. The van der Waals surface area contributed by atoms with Gasteiger partial charge in [0.2, 0.25) is 5.89 Å². The van der Waals surface area contributed by atoms with Crippen LogP contribution in [0.25, 0.3) is 0 Å². The van der Waals surface area contributed by atoms with Gasteiger partial charge in [-0.3, -0.25) is 0 Å². The van der Waals surface area contributed by atoms with Gasteiger partial charge in [-0.25, -0.2) is 0 Å². The van der Waals surface area contributed by atoms with Crippen LogP contribution in [0.15, 0.2) is 28.8 Å². The van der Waals surface area contributed by atoms with E-state index in [-0.39, 0.29) is 0 Å². The van der Waals surface area contributed by atoms with Gasteiger partial charge in [0, 0.05) is 30.5 Å². The van der Waals surface area contributed by atoms with Crippen LogP contribution in [0, 0.1) is 6.92 Å². The summed E-state index contributed by atoms with van der Waals surface area (Å²) in [6.45, 7) is 2.70. The summed E-state index contributed by atoms with van der Waals surface area (Å²) >= 11 is 1.98. The summed E-state index contributed by atoms with van der Waals surface area (Å²) < 4.78 is 5.12. The van der Waals surface area contributed by atoms with Gasteiger partial charge >= 0.3 is 0 Å². The van der Waals surface area contributed by atoms with Crippen LogP contribution in [0.5, 0.6) is 0 Å². The summed E-state index contributed by atoms with van der Waals surface area (Å²) in [5, 5.41) is 7.39. The standard InChI is InChI=1S/C14H17N3OS/c1-10-16-14(18-17-10)6-7-15-13-9-19-8-11-4-2-3-5-12(11)13/h2-5,13,15H,6-9H2,1H3. The molecule has 2 aromatic rings. The van der Waals surface area contributed by atoms with Crippen LogP contribution in [0.4, 0.5) is 0 Å². The molecule has 1 aliphatic rings. The van der Waals surface area contributed by atoms with Crippen molar-refractivity contribution in [3.8, 4) is 0 Å². The van der Waals surface area contributed by atoms with Crippen molar-refractivity contribution < 1.29 is 4.52 Å². The van der Waals surface area contributed by atoms with Gasteiger partial charge in [0.15, 0.2) is 5.82 Å². The molecule has 3 rings (SSSR count). The van der Waals surface area contributed by atoms with E-state index in [0.29, 0.717) is 17.8 Å². The van der Waals surface area contributed by atoms with Gasteiger partial charge in [-0.05, 0) is 18.1 Å². The number of benzene rings is 1. The highest BCUT2D eigenvalue weighted by molar-refractivity contribution is 7.98. The fourth-order valence-corrected chi connectivity index (χ4v) is 3.48. The molecule has 1 atom stereocenters. The van der Waals surface area contributed by atoms with E-state index in [1.165, 1.54) is 11.1 Å². The van der Waals surface area contributed by atoms with E-state index in [1.54, 1.807) is 0 Å². The summed E-state index contributed by atoms with van der Waals surface area (Å²) in [5.74, 6) is 3.66. The lowest BCUT2D eigenvalue weighted by atomic mass is 10.0. The number of thioether (sulfide) groups is 1. The summed E-state index contributed by atoms with van der Waals surface area (Å²) in [7, 11) is 0. The smallest absolute Gasteiger partial charge is 0.227 e. The van der Waals surface area contributed by atoms with E-state index in [1.807, 2.05) is 18.7 Å². The maximum atomic E-state index is 5.12. The molecule has 1 N–H and O–H groups in total. The van der Waals surface area contributed by atoms with Gasteiger partial charge in [-0.2, -0.15) is 16.7 Å². The lowest BCUT2D eigenvalue weighted by molar-refractivity contribution is 0.370. The van der Waals surface area contributed by atoms with E-state index in [2.05, 4.69) is 39.7 Å². The molecule has 1 aromatic heterocycles. The Bertz CT molecular complexity index is 555.